The summed E-state index contributed by atoms with van der Waals surface area (Å²) in [6, 6.07) is 0. The standard InChI is InChI=1S/C30H47NO4.C30H46O4.C2H4Cl2.C2H6.CH4/c1-25(2)21-8-11-30(7)23(28(21,5)10-9-22(25)33)20(32)16-18-19-17-27(4,24(34)31-35)13-12-26(19,3)14-15-29(18,30)6;1-25(2)21-8-11-30(7)23(28(21,5)10-9-22(25)32)20(31)16-18-19-17-27(4,24(33)34)13-12-26(19,3)14-15-29(18,30)6;3-1-2-4;1-2;/h16,19,21-23,33,35H,8-15,17H2,1-7H3,(H,31,34);16,19,21-23,32H,8-15,17H2,1-7H3,(H,33,34);1-2H2;1-2H3;1H4/t2*19-,21?,22-,23+,26+,27-,28-,29+,30+;;;/m00.../s1. The Kier molecular flexibility index (Phi) is 17.4. The molecule has 10 aliphatic carbocycles. The van der Waals surface area contributed by atoms with Gasteiger partial charge in [-0.15, -0.1) is 23.2 Å². The van der Waals surface area contributed by atoms with E-state index in [1.807, 2.05) is 45.3 Å². The SMILES string of the molecule is C.CC.CC1(C)C2CC[C@]3(C)[C@H](C(=O)C=C4[C@@H]5C[C@@](C)(C(=O)NO)CC[C@]5(C)CC[C@]43C)[C@@]2(C)CC[C@@H]1O.CC1(C)C2CC[C@]3(C)[C@H](C(=O)C=C4[C@@H]5C[C@@](C)(C(=O)O)CC[C@]5(C)CC[C@]43C)[C@@]2(C)CC[C@@H]1O.ClCCCl. The number of amides is 1. The van der Waals surface area contributed by atoms with E-state index >= 15 is 0 Å². The number of aliphatic hydroxyl groups is 2. The molecule has 0 spiro atoms. The Morgan fingerprint density at radius 2 is 0.882 bits per heavy atom. The van der Waals surface area contributed by atoms with Crippen LogP contribution in [0.25, 0.3) is 0 Å². The number of aliphatic carboxylic acids is 1. The van der Waals surface area contributed by atoms with Gasteiger partial charge in [0.1, 0.15) is 0 Å². The number of hydroxylamine groups is 1. The fourth-order valence-electron chi connectivity index (χ4n) is 20.9. The van der Waals surface area contributed by atoms with Crippen LogP contribution >= 0.6 is 23.2 Å². The lowest BCUT2D eigenvalue weighted by Crippen LogP contribution is -2.66. The van der Waals surface area contributed by atoms with Crippen molar-refractivity contribution in [3.63, 3.8) is 0 Å². The second kappa shape index (κ2) is 20.9. The van der Waals surface area contributed by atoms with Crippen LogP contribution in [0.15, 0.2) is 23.3 Å². The lowest BCUT2D eigenvalue weighted by molar-refractivity contribution is -0.202. The molecular formula is C65H107Cl2NO8. The molecule has 10 aliphatic rings. The molecule has 76 heavy (non-hydrogen) atoms. The van der Waals surface area contributed by atoms with Crippen molar-refractivity contribution in [2.24, 2.45) is 100 Å². The molecule has 0 radical (unpaired) electrons. The Labute approximate surface area is 471 Å². The van der Waals surface area contributed by atoms with E-state index in [2.05, 4.69) is 83.1 Å². The summed E-state index contributed by atoms with van der Waals surface area (Å²) >= 11 is 10.1. The van der Waals surface area contributed by atoms with Crippen molar-refractivity contribution in [2.45, 2.75) is 246 Å². The van der Waals surface area contributed by atoms with E-state index in [1.165, 1.54) is 11.1 Å². The van der Waals surface area contributed by atoms with E-state index in [1.54, 1.807) is 0 Å². The normalized spacial score (nSPS) is 49.0. The summed E-state index contributed by atoms with van der Waals surface area (Å²) in [5.74, 6) is 1.63. The van der Waals surface area contributed by atoms with Crippen LogP contribution in [0.3, 0.4) is 0 Å². The monoisotopic (exact) mass is 1100 g/mol. The van der Waals surface area contributed by atoms with Crippen LogP contribution in [-0.4, -0.2) is 67.9 Å². The number of rotatable bonds is 3. The maximum Gasteiger partial charge on any atom is 0.309 e. The highest BCUT2D eigenvalue weighted by Crippen LogP contribution is 2.77. The number of hydrogen-bond donors (Lipinski definition) is 5. The van der Waals surface area contributed by atoms with Gasteiger partial charge in [0.25, 0.3) is 0 Å². The van der Waals surface area contributed by atoms with Crippen molar-refractivity contribution in [1.82, 2.24) is 5.48 Å². The smallest absolute Gasteiger partial charge is 0.309 e. The third-order valence-electron chi connectivity index (χ3n) is 26.3. The molecule has 1 amide bonds. The van der Waals surface area contributed by atoms with Gasteiger partial charge in [-0.05, 0) is 212 Å². The summed E-state index contributed by atoms with van der Waals surface area (Å²) in [5, 5.41) is 41.2. The molecule has 11 heteroatoms. The van der Waals surface area contributed by atoms with Gasteiger partial charge >= 0.3 is 5.97 Å². The van der Waals surface area contributed by atoms with E-state index < -0.39 is 16.8 Å². The van der Waals surface area contributed by atoms with Gasteiger partial charge in [-0.3, -0.25) is 24.4 Å². The molecule has 2 unspecified atom stereocenters. The molecule has 0 aromatic heterocycles. The summed E-state index contributed by atoms with van der Waals surface area (Å²) in [4.78, 5) is 53.4. The largest absolute Gasteiger partial charge is 0.481 e. The molecule has 9 nitrogen and oxygen atoms in total. The van der Waals surface area contributed by atoms with Crippen LogP contribution in [0.2, 0.25) is 0 Å². The predicted molar refractivity (Wildman–Crippen MR) is 308 cm³/mol. The van der Waals surface area contributed by atoms with Crippen molar-refractivity contribution in [1.29, 1.82) is 0 Å². The number of carboxylic acid groups (broad SMARTS) is 1. The van der Waals surface area contributed by atoms with Crippen molar-refractivity contribution in [2.75, 3.05) is 11.8 Å². The highest BCUT2D eigenvalue weighted by Gasteiger charge is 2.72. The van der Waals surface area contributed by atoms with Gasteiger partial charge in [0.2, 0.25) is 5.91 Å². The van der Waals surface area contributed by atoms with E-state index in [0.29, 0.717) is 36.4 Å². The number of carbonyl (C=O) groups excluding carboxylic acids is 3. The number of carboxylic acids is 1. The topological polar surface area (TPSA) is 161 Å². The number of halogens is 2. The first-order valence-corrected chi connectivity index (χ1v) is 30.8. The molecule has 0 aliphatic heterocycles. The highest BCUT2D eigenvalue weighted by molar-refractivity contribution is 6.25. The van der Waals surface area contributed by atoms with Gasteiger partial charge in [0.05, 0.1) is 17.6 Å². The van der Waals surface area contributed by atoms with Crippen LogP contribution in [0.5, 0.6) is 0 Å². The van der Waals surface area contributed by atoms with Gasteiger partial charge in [0.15, 0.2) is 11.6 Å². The minimum atomic E-state index is -0.711. The Morgan fingerprint density at radius 1 is 0.539 bits per heavy atom. The Morgan fingerprint density at radius 3 is 1.22 bits per heavy atom. The molecular weight excluding hydrogens is 994 g/mol. The molecule has 8 saturated carbocycles. The maximum absolute atomic E-state index is 14.3. The summed E-state index contributed by atoms with van der Waals surface area (Å²) < 4.78 is 0. The molecule has 5 N–H and O–H groups in total. The molecule has 0 bridgehead atoms. The van der Waals surface area contributed by atoms with E-state index in [-0.39, 0.29) is 115 Å². The first-order valence-electron chi connectivity index (χ1n) is 29.7. The van der Waals surface area contributed by atoms with Gasteiger partial charge in [-0.2, -0.15) is 0 Å². The van der Waals surface area contributed by atoms with Gasteiger partial charge < -0.3 is 15.3 Å². The van der Waals surface area contributed by atoms with Gasteiger partial charge in [-0.25, -0.2) is 5.48 Å². The first-order chi connectivity index (χ1) is 34.6. The lowest BCUT2D eigenvalue weighted by atomic mass is 9.33. The highest BCUT2D eigenvalue weighted by atomic mass is 35.5. The van der Waals surface area contributed by atoms with Crippen molar-refractivity contribution in [3.8, 4) is 0 Å². The summed E-state index contributed by atoms with van der Waals surface area (Å²) in [5.41, 5.74) is 2.30. The van der Waals surface area contributed by atoms with E-state index in [0.717, 1.165) is 103 Å². The molecule has 0 heterocycles. The third-order valence-corrected chi connectivity index (χ3v) is 26.9. The molecule has 0 saturated heterocycles. The quantitative estimate of drug-likeness (QED) is 0.106. The maximum atomic E-state index is 14.3. The van der Waals surface area contributed by atoms with Crippen LogP contribution in [0, 0.1) is 100 Å². The molecule has 434 valence electrons. The summed E-state index contributed by atoms with van der Waals surface area (Å²) in [6.45, 7) is 35.7. The Balaban J connectivity index is 0.000000221. The summed E-state index contributed by atoms with van der Waals surface area (Å²) in [7, 11) is 0. The van der Waals surface area contributed by atoms with Gasteiger partial charge in [0, 0.05) is 29.0 Å². The second-order valence-corrected chi connectivity index (χ2v) is 31.1. The molecule has 0 aromatic carbocycles. The number of aliphatic hydroxyl groups excluding tert-OH is 2. The lowest BCUT2D eigenvalue weighted by Gasteiger charge is -2.70. The fourth-order valence-corrected chi connectivity index (χ4v) is 20.9. The average Bonchev–Trinajstić information content (AvgIpc) is 3.34. The number of allylic oxidation sites excluding steroid dienone is 4. The first kappa shape index (κ1) is 63.4. The van der Waals surface area contributed by atoms with E-state index in [4.69, 9.17) is 23.2 Å². The Bertz CT molecular complexity index is 2310. The van der Waals surface area contributed by atoms with E-state index in [9.17, 15) is 39.7 Å². The average molecular weight is 1100 g/mol. The molecule has 0 aromatic rings. The number of carbonyl (C=O) groups is 4. The number of alkyl halides is 2. The van der Waals surface area contributed by atoms with Crippen molar-refractivity contribution < 1.29 is 39.7 Å². The molecule has 8 fully saturated rings. The zero-order valence-electron chi connectivity index (χ0n) is 49.6. The molecule has 10 rings (SSSR count). The number of ketones is 2. The van der Waals surface area contributed by atoms with Crippen molar-refractivity contribution in [3.05, 3.63) is 23.3 Å². The van der Waals surface area contributed by atoms with Crippen LogP contribution in [0.4, 0.5) is 0 Å². The number of nitrogens with one attached hydrogen (secondary N) is 1. The van der Waals surface area contributed by atoms with Crippen LogP contribution in [-0.2, 0) is 19.2 Å². The second-order valence-electron chi connectivity index (χ2n) is 30.4. The minimum Gasteiger partial charge on any atom is -0.481 e. The van der Waals surface area contributed by atoms with Crippen LogP contribution in [0.1, 0.15) is 234 Å². The summed E-state index contributed by atoms with van der Waals surface area (Å²) in [6.07, 6.45) is 20.0. The van der Waals surface area contributed by atoms with Crippen molar-refractivity contribution >= 4 is 46.6 Å². The number of fused-ring (bicyclic) bond motifs is 14. The number of hydrogen-bond acceptors (Lipinski definition) is 7. The zero-order chi connectivity index (χ0) is 56.3. The minimum absolute atomic E-state index is 0. The zero-order valence-corrected chi connectivity index (χ0v) is 51.1. The molecule has 18 atom stereocenters. The van der Waals surface area contributed by atoms with Gasteiger partial charge in [-0.1, -0.05) is 122 Å². The predicted octanol–water partition coefficient (Wildman–Crippen LogP) is 15.4. The Hall–Kier alpha value is -1.78. The fraction of sp³-hybridized carbons (Fsp3) is 0.877. The van der Waals surface area contributed by atoms with Crippen LogP contribution < -0.4 is 5.48 Å². The third kappa shape index (κ3) is 9.05.